The third-order valence-electron chi connectivity index (χ3n) is 2.98. The number of para-hydroxylation sites is 1. The van der Waals surface area contributed by atoms with E-state index in [0.717, 1.165) is 17.6 Å². The molecular formula is C14H13N3S. The quantitative estimate of drug-likeness (QED) is 0.765. The van der Waals surface area contributed by atoms with Crippen molar-refractivity contribution < 1.29 is 0 Å². The van der Waals surface area contributed by atoms with Crippen molar-refractivity contribution in [2.45, 2.75) is 13.3 Å². The molecule has 90 valence electrons. The highest BCUT2D eigenvalue weighted by Gasteiger charge is 2.09. The minimum Gasteiger partial charge on any atom is -0.375 e. The maximum Gasteiger partial charge on any atom is 0.180 e. The Bertz CT molecular complexity index is 698. The number of aryl methyl sites for hydroxylation is 1. The van der Waals surface area contributed by atoms with Crippen molar-refractivity contribution in [1.82, 2.24) is 9.97 Å². The van der Waals surface area contributed by atoms with Crippen LogP contribution in [-0.2, 0) is 6.42 Å². The molecule has 0 radical (unpaired) electrons. The van der Waals surface area contributed by atoms with Gasteiger partial charge in [0, 0.05) is 22.9 Å². The molecule has 0 fully saturated rings. The second-order valence-electron chi connectivity index (χ2n) is 4.23. The Morgan fingerprint density at radius 2 is 2.06 bits per heavy atom. The van der Waals surface area contributed by atoms with E-state index in [2.05, 4.69) is 34.2 Å². The highest BCUT2D eigenvalue weighted by molar-refractivity contribution is 7.15. The first-order chi connectivity index (χ1) is 8.74. The minimum atomic E-state index is 0.635. The van der Waals surface area contributed by atoms with E-state index in [9.17, 15) is 0 Å². The molecule has 2 aromatic heterocycles. The summed E-state index contributed by atoms with van der Waals surface area (Å²) in [7, 11) is 0. The van der Waals surface area contributed by atoms with Gasteiger partial charge < -0.3 is 5.73 Å². The van der Waals surface area contributed by atoms with Gasteiger partial charge in [-0.05, 0) is 18.6 Å². The third kappa shape index (κ3) is 1.95. The molecule has 3 rings (SSSR count). The van der Waals surface area contributed by atoms with Gasteiger partial charge in [-0.1, -0.05) is 24.3 Å². The first kappa shape index (κ1) is 11.2. The standard InChI is InChI=1S/C14H13N3S/c1-9-12(18-14(15)17-9)8-11-5-2-4-10-6-3-7-16-13(10)11/h2-7H,8H2,1H3,(H2,15,17). The third-order valence-corrected chi connectivity index (χ3v) is 3.96. The van der Waals surface area contributed by atoms with Gasteiger partial charge in [0.05, 0.1) is 11.2 Å². The fraction of sp³-hybridized carbons (Fsp3) is 0.143. The van der Waals surface area contributed by atoms with Crippen molar-refractivity contribution in [3.8, 4) is 0 Å². The van der Waals surface area contributed by atoms with Gasteiger partial charge in [-0.2, -0.15) is 0 Å². The van der Waals surface area contributed by atoms with Crippen LogP contribution in [0.25, 0.3) is 10.9 Å². The predicted molar refractivity (Wildman–Crippen MR) is 75.8 cm³/mol. The summed E-state index contributed by atoms with van der Waals surface area (Å²) >= 11 is 1.56. The van der Waals surface area contributed by atoms with Crippen molar-refractivity contribution in [3.05, 3.63) is 52.7 Å². The zero-order valence-corrected chi connectivity index (χ0v) is 10.9. The van der Waals surface area contributed by atoms with Crippen LogP contribution in [0.1, 0.15) is 16.1 Å². The number of nitrogens with zero attached hydrogens (tertiary/aromatic N) is 2. The maximum absolute atomic E-state index is 5.74. The van der Waals surface area contributed by atoms with Crippen LogP contribution in [0.3, 0.4) is 0 Å². The Hall–Kier alpha value is -1.94. The van der Waals surface area contributed by atoms with Gasteiger partial charge in [-0.3, -0.25) is 4.98 Å². The van der Waals surface area contributed by atoms with Crippen LogP contribution >= 0.6 is 11.3 Å². The van der Waals surface area contributed by atoms with E-state index in [1.165, 1.54) is 15.8 Å². The lowest BCUT2D eigenvalue weighted by atomic mass is 10.1. The van der Waals surface area contributed by atoms with E-state index in [1.54, 1.807) is 11.3 Å². The van der Waals surface area contributed by atoms with Gasteiger partial charge in [-0.15, -0.1) is 11.3 Å². The van der Waals surface area contributed by atoms with Crippen molar-refractivity contribution in [2.24, 2.45) is 0 Å². The molecule has 3 nitrogen and oxygen atoms in total. The number of thiazole rings is 1. The first-order valence-corrected chi connectivity index (χ1v) is 6.60. The summed E-state index contributed by atoms with van der Waals surface area (Å²) in [5.41, 5.74) is 9.04. The summed E-state index contributed by atoms with van der Waals surface area (Å²) < 4.78 is 0. The van der Waals surface area contributed by atoms with Crippen LogP contribution in [0.5, 0.6) is 0 Å². The predicted octanol–water partition coefficient (Wildman–Crippen LogP) is 3.17. The lowest BCUT2D eigenvalue weighted by molar-refractivity contribution is 1.15. The smallest absolute Gasteiger partial charge is 0.180 e. The topological polar surface area (TPSA) is 51.8 Å². The lowest BCUT2D eigenvalue weighted by Gasteiger charge is -2.04. The van der Waals surface area contributed by atoms with Gasteiger partial charge in [-0.25, -0.2) is 4.98 Å². The Kier molecular flexibility index (Phi) is 2.72. The number of benzene rings is 1. The lowest BCUT2D eigenvalue weighted by Crippen LogP contribution is -1.91. The summed E-state index contributed by atoms with van der Waals surface area (Å²) in [6.07, 6.45) is 2.68. The summed E-state index contributed by atoms with van der Waals surface area (Å²) in [5.74, 6) is 0. The van der Waals surface area contributed by atoms with Crippen LogP contribution in [0.2, 0.25) is 0 Å². The zero-order valence-electron chi connectivity index (χ0n) is 10.1. The number of rotatable bonds is 2. The van der Waals surface area contributed by atoms with Crippen molar-refractivity contribution in [1.29, 1.82) is 0 Å². The van der Waals surface area contributed by atoms with Crippen LogP contribution in [0.4, 0.5) is 5.13 Å². The molecule has 0 atom stereocenters. The number of aromatic nitrogens is 2. The fourth-order valence-electron chi connectivity index (χ4n) is 2.10. The van der Waals surface area contributed by atoms with Gasteiger partial charge >= 0.3 is 0 Å². The number of anilines is 1. The highest BCUT2D eigenvalue weighted by atomic mass is 32.1. The van der Waals surface area contributed by atoms with E-state index in [1.807, 2.05) is 19.2 Å². The molecule has 1 aromatic carbocycles. The average Bonchev–Trinajstić information content (AvgIpc) is 2.68. The van der Waals surface area contributed by atoms with Crippen molar-refractivity contribution in [2.75, 3.05) is 5.73 Å². The fourth-order valence-corrected chi connectivity index (χ4v) is 2.95. The molecule has 0 bridgehead atoms. The largest absolute Gasteiger partial charge is 0.375 e. The van der Waals surface area contributed by atoms with Gasteiger partial charge in [0.15, 0.2) is 5.13 Å². The Labute approximate surface area is 109 Å². The molecular weight excluding hydrogens is 242 g/mol. The van der Waals surface area contributed by atoms with E-state index in [4.69, 9.17) is 5.73 Å². The molecule has 0 amide bonds. The Balaban J connectivity index is 2.07. The second kappa shape index (κ2) is 4.38. The molecule has 4 heteroatoms. The Morgan fingerprint density at radius 3 is 2.83 bits per heavy atom. The molecule has 0 aliphatic carbocycles. The molecule has 0 unspecified atom stereocenters. The molecule has 2 heterocycles. The van der Waals surface area contributed by atoms with E-state index < -0.39 is 0 Å². The summed E-state index contributed by atoms with van der Waals surface area (Å²) in [6.45, 7) is 2.00. The SMILES string of the molecule is Cc1nc(N)sc1Cc1cccc2cccnc12. The number of nitrogen functional groups attached to an aromatic ring is 1. The molecule has 0 saturated carbocycles. The number of hydrogen-bond acceptors (Lipinski definition) is 4. The molecule has 0 saturated heterocycles. The molecule has 18 heavy (non-hydrogen) atoms. The first-order valence-electron chi connectivity index (χ1n) is 5.78. The maximum atomic E-state index is 5.74. The number of hydrogen-bond donors (Lipinski definition) is 1. The monoisotopic (exact) mass is 255 g/mol. The van der Waals surface area contributed by atoms with Gasteiger partial charge in [0.25, 0.3) is 0 Å². The average molecular weight is 255 g/mol. The highest BCUT2D eigenvalue weighted by Crippen LogP contribution is 2.25. The van der Waals surface area contributed by atoms with E-state index in [-0.39, 0.29) is 0 Å². The van der Waals surface area contributed by atoms with E-state index >= 15 is 0 Å². The van der Waals surface area contributed by atoms with Gasteiger partial charge in [0.1, 0.15) is 0 Å². The number of pyridine rings is 1. The van der Waals surface area contributed by atoms with Crippen LogP contribution in [0, 0.1) is 6.92 Å². The van der Waals surface area contributed by atoms with Crippen molar-refractivity contribution >= 4 is 27.4 Å². The molecule has 2 N–H and O–H groups in total. The normalized spacial score (nSPS) is 10.9. The van der Waals surface area contributed by atoms with E-state index in [0.29, 0.717) is 5.13 Å². The van der Waals surface area contributed by atoms with Crippen LogP contribution in [0.15, 0.2) is 36.5 Å². The number of fused-ring (bicyclic) bond motifs is 1. The van der Waals surface area contributed by atoms with Crippen molar-refractivity contribution in [3.63, 3.8) is 0 Å². The second-order valence-corrected chi connectivity index (χ2v) is 5.34. The molecule has 3 aromatic rings. The summed E-state index contributed by atoms with van der Waals surface area (Å²) in [4.78, 5) is 9.94. The van der Waals surface area contributed by atoms with Crippen LogP contribution in [-0.4, -0.2) is 9.97 Å². The zero-order chi connectivity index (χ0) is 12.5. The minimum absolute atomic E-state index is 0.635. The molecule has 0 aliphatic rings. The summed E-state index contributed by atoms with van der Waals surface area (Å²) in [6, 6.07) is 10.3. The van der Waals surface area contributed by atoms with Crippen LogP contribution < -0.4 is 5.73 Å². The van der Waals surface area contributed by atoms with Gasteiger partial charge in [0.2, 0.25) is 0 Å². The molecule has 0 aliphatic heterocycles. The number of nitrogens with two attached hydrogens (primary N) is 1. The molecule has 0 spiro atoms. The Morgan fingerprint density at radius 1 is 1.22 bits per heavy atom. The summed E-state index contributed by atoms with van der Waals surface area (Å²) in [5, 5.41) is 1.81.